The Morgan fingerprint density at radius 3 is 2.56 bits per heavy atom. The molecule has 1 aliphatic rings. The van der Waals surface area contributed by atoms with Gasteiger partial charge in [-0.3, -0.25) is 0 Å². The molecule has 0 amide bonds. The van der Waals surface area contributed by atoms with E-state index in [0.29, 0.717) is 11.4 Å². The third kappa shape index (κ3) is 3.94. The summed E-state index contributed by atoms with van der Waals surface area (Å²) in [7, 11) is 0. The average molecular weight is 357 g/mol. The van der Waals surface area contributed by atoms with Crippen LogP contribution in [0.2, 0.25) is 0 Å². The predicted molar refractivity (Wildman–Crippen MR) is 104 cm³/mol. The van der Waals surface area contributed by atoms with Crippen molar-refractivity contribution in [1.82, 2.24) is 4.98 Å². The highest BCUT2D eigenvalue weighted by Crippen LogP contribution is 2.24. The van der Waals surface area contributed by atoms with E-state index >= 15 is 0 Å². The summed E-state index contributed by atoms with van der Waals surface area (Å²) in [5.41, 5.74) is 3.31. The standard InChI is InChI=1S/C21H19N5O/c22-15-21(20-10-5-16-3-1-2-4-19(16)23-20)25-24-17-6-8-18(9-7-17)26-11-13-27-14-12-26/h1-10,21H,11-14H2. The largest absolute Gasteiger partial charge is 0.378 e. The maximum atomic E-state index is 9.48. The van der Waals surface area contributed by atoms with Crippen molar-refractivity contribution in [3.63, 3.8) is 0 Å². The lowest BCUT2D eigenvalue weighted by molar-refractivity contribution is 0.122. The minimum absolute atomic E-state index is 0.602. The van der Waals surface area contributed by atoms with Crippen LogP contribution < -0.4 is 4.90 Å². The van der Waals surface area contributed by atoms with Crippen LogP contribution >= 0.6 is 0 Å². The topological polar surface area (TPSA) is 73.9 Å². The quantitative estimate of drug-likeness (QED) is 0.648. The fourth-order valence-electron chi connectivity index (χ4n) is 3.06. The molecule has 2 heterocycles. The molecule has 0 N–H and O–H groups in total. The maximum absolute atomic E-state index is 9.48. The van der Waals surface area contributed by atoms with Gasteiger partial charge in [0.05, 0.1) is 36.2 Å². The number of hydrogen-bond acceptors (Lipinski definition) is 6. The zero-order valence-corrected chi connectivity index (χ0v) is 14.8. The molecule has 6 heteroatoms. The molecule has 27 heavy (non-hydrogen) atoms. The Labute approximate surface area is 157 Å². The highest BCUT2D eigenvalue weighted by Gasteiger charge is 2.12. The summed E-state index contributed by atoms with van der Waals surface area (Å²) in [5.74, 6) is 0. The zero-order chi connectivity index (χ0) is 18.5. The second-order valence-corrected chi connectivity index (χ2v) is 6.29. The van der Waals surface area contributed by atoms with Crippen molar-refractivity contribution in [3.8, 4) is 6.07 Å². The molecule has 0 aliphatic carbocycles. The molecular weight excluding hydrogens is 338 g/mol. The van der Waals surface area contributed by atoms with Crippen LogP contribution in [0.1, 0.15) is 11.7 Å². The van der Waals surface area contributed by atoms with Crippen LogP contribution in [0.5, 0.6) is 0 Å². The lowest BCUT2D eigenvalue weighted by atomic mass is 10.1. The summed E-state index contributed by atoms with van der Waals surface area (Å²) in [6.45, 7) is 3.30. The van der Waals surface area contributed by atoms with Gasteiger partial charge < -0.3 is 9.64 Å². The molecule has 0 spiro atoms. The van der Waals surface area contributed by atoms with Crippen molar-refractivity contribution in [3.05, 3.63) is 66.4 Å². The van der Waals surface area contributed by atoms with Gasteiger partial charge in [-0.2, -0.15) is 15.5 Å². The van der Waals surface area contributed by atoms with Crippen LogP contribution in [-0.2, 0) is 4.74 Å². The number of pyridine rings is 1. The number of nitrogens with zero attached hydrogens (tertiary/aromatic N) is 5. The highest BCUT2D eigenvalue weighted by atomic mass is 16.5. The summed E-state index contributed by atoms with van der Waals surface area (Å²) in [5, 5.41) is 19.0. The number of fused-ring (bicyclic) bond motifs is 1. The summed E-state index contributed by atoms with van der Waals surface area (Å²) < 4.78 is 5.38. The van der Waals surface area contributed by atoms with Crippen molar-refractivity contribution in [2.75, 3.05) is 31.2 Å². The van der Waals surface area contributed by atoms with Crippen LogP contribution in [0.25, 0.3) is 10.9 Å². The summed E-state index contributed by atoms with van der Waals surface area (Å²) in [6, 6.07) is 20.9. The van der Waals surface area contributed by atoms with Crippen molar-refractivity contribution < 1.29 is 4.74 Å². The number of rotatable bonds is 4. The Hall–Kier alpha value is -3.30. The number of anilines is 1. The SMILES string of the molecule is N#CC(N=Nc1ccc(N2CCOCC2)cc1)c1ccc2ccccc2n1. The Bertz CT molecular complexity index is 987. The molecule has 3 aromatic rings. The summed E-state index contributed by atoms with van der Waals surface area (Å²) in [6.07, 6.45) is 0. The van der Waals surface area contributed by atoms with Crippen LogP contribution in [0.15, 0.2) is 70.9 Å². The molecule has 1 saturated heterocycles. The number of para-hydroxylation sites is 1. The first-order valence-electron chi connectivity index (χ1n) is 8.92. The normalized spacial score (nSPS) is 15.7. The molecule has 134 valence electrons. The van der Waals surface area contributed by atoms with E-state index in [2.05, 4.69) is 26.2 Å². The molecule has 6 nitrogen and oxygen atoms in total. The van der Waals surface area contributed by atoms with Gasteiger partial charge in [-0.05, 0) is 36.4 Å². The van der Waals surface area contributed by atoms with Gasteiger partial charge in [0.25, 0.3) is 0 Å². The molecule has 1 atom stereocenters. The fourth-order valence-corrected chi connectivity index (χ4v) is 3.06. The number of azo groups is 1. The second kappa shape index (κ2) is 7.94. The molecule has 1 aromatic heterocycles. The fraction of sp³-hybridized carbons (Fsp3) is 0.238. The second-order valence-electron chi connectivity index (χ2n) is 6.29. The Balaban J connectivity index is 1.50. The lowest BCUT2D eigenvalue weighted by Gasteiger charge is -2.28. The molecule has 1 aliphatic heterocycles. The van der Waals surface area contributed by atoms with Gasteiger partial charge in [0.2, 0.25) is 0 Å². The molecule has 1 fully saturated rings. The van der Waals surface area contributed by atoms with Gasteiger partial charge in [-0.15, -0.1) is 0 Å². The summed E-state index contributed by atoms with van der Waals surface area (Å²) in [4.78, 5) is 6.82. The zero-order valence-electron chi connectivity index (χ0n) is 14.8. The molecule has 2 aromatic carbocycles. The summed E-state index contributed by atoms with van der Waals surface area (Å²) >= 11 is 0. The van der Waals surface area contributed by atoms with Crippen LogP contribution in [0.3, 0.4) is 0 Å². The third-order valence-corrected chi connectivity index (χ3v) is 4.54. The number of ether oxygens (including phenoxy) is 1. The lowest BCUT2D eigenvalue weighted by Crippen LogP contribution is -2.36. The van der Waals surface area contributed by atoms with E-state index in [1.165, 1.54) is 0 Å². The first-order chi connectivity index (χ1) is 13.3. The van der Waals surface area contributed by atoms with Gasteiger partial charge in [-0.25, -0.2) is 4.98 Å². The first-order valence-corrected chi connectivity index (χ1v) is 8.92. The minimum Gasteiger partial charge on any atom is -0.378 e. The molecule has 0 radical (unpaired) electrons. The number of aromatic nitrogens is 1. The van der Waals surface area contributed by atoms with E-state index in [1.54, 1.807) is 0 Å². The molecule has 1 unspecified atom stereocenters. The van der Waals surface area contributed by atoms with Crippen LogP contribution in [0, 0.1) is 11.3 Å². The average Bonchev–Trinajstić information content (AvgIpc) is 2.75. The van der Waals surface area contributed by atoms with E-state index in [1.807, 2.05) is 60.7 Å². The highest BCUT2D eigenvalue weighted by molar-refractivity contribution is 5.78. The Morgan fingerprint density at radius 1 is 1.00 bits per heavy atom. The van der Waals surface area contributed by atoms with E-state index in [0.717, 1.165) is 42.9 Å². The van der Waals surface area contributed by atoms with Crippen molar-refractivity contribution in [2.45, 2.75) is 6.04 Å². The third-order valence-electron chi connectivity index (χ3n) is 4.54. The maximum Gasteiger partial charge on any atom is 0.199 e. The number of benzene rings is 2. The van der Waals surface area contributed by atoms with Gasteiger partial charge in [0.1, 0.15) is 0 Å². The van der Waals surface area contributed by atoms with Crippen molar-refractivity contribution >= 4 is 22.3 Å². The Morgan fingerprint density at radius 2 is 1.78 bits per heavy atom. The van der Waals surface area contributed by atoms with E-state index in [9.17, 15) is 5.26 Å². The molecule has 0 bridgehead atoms. The van der Waals surface area contributed by atoms with Crippen molar-refractivity contribution in [2.24, 2.45) is 10.2 Å². The van der Waals surface area contributed by atoms with E-state index < -0.39 is 6.04 Å². The van der Waals surface area contributed by atoms with E-state index in [4.69, 9.17) is 4.74 Å². The van der Waals surface area contributed by atoms with E-state index in [-0.39, 0.29) is 0 Å². The number of morpholine rings is 1. The van der Waals surface area contributed by atoms with Gasteiger partial charge in [-0.1, -0.05) is 24.3 Å². The molecule has 4 rings (SSSR count). The Kier molecular flexibility index (Phi) is 5.04. The van der Waals surface area contributed by atoms with Gasteiger partial charge in [0, 0.05) is 24.2 Å². The molecule has 0 saturated carbocycles. The van der Waals surface area contributed by atoms with Gasteiger partial charge in [0.15, 0.2) is 6.04 Å². The first kappa shape index (κ1) is 17.1. The van der Waals surface area contributed by atoms with Crippen LogP contribution in [-0.4, -0.2) is 31.3 Å². The monoisotopic (exact) mass is 357 g/mol. The predicted octanol–water partition coefficient (Wildman–Crippen LogP) is 4.42. The molecular formula is C21H19N5O. The smallest absolute Gasteiger partial charge is 0.199 e. The number of hydrogen-bond donors (Lipinski definition) is 0. The van der Waals surface area contributed by atoms with Crippen molar-refractivity contribution in [1.29, 1.82) is 5.26 Å². The van der Waals surface area contributed by atoms with Crippen LogP contribution in [0.4, 0.5) is 11.4 Å². The number of nitriles is 1. The van der Waals surface area contributed by atoms with Gasteiger partial charge >= 0.3 is 0 Å². The minimum atomic E-state index is -0.728.